The van der Waals surface area contributed by atoms with Crippen LogP contribution in [0.15, 0.2) is 30.3 Å². The summed E-state index contributed by atoms with van der Waals surface area (Å²) < 4.78 is 15.6. The van der Waals surface area contributed by atoms with Crippen LogP contribution in [0.3, 0.4) is 0 Å². The van der Waals surface area contributed by atoms with E-state index in [0.717, 1.165) is 16.6 Å². The zero-order valence-electron chi connectivity index (χ0n) is 11.8. The molecular formula is C16H15ClFN3. The number of fused-ring (bicyclic) bond motifs is 1. The summed E-state index contributed by atoms with van der Waals surface area (Å²) >= 11 is 6.25. The molecule has 2 N–H and O–H groups in total. The third kappa shape index (κ3) is 2.36. The number of halogens is 2. The summed E-state index contributed by atoms with van der Waals surface area (Å²) in [6, 6.07) is 9.17. The maximum absolute atomic E-state index is 13.7. The lowest BCUT2D eigenvalue weighted by Crippen LogP contribution is -2.06. The Labute approximate surface area is 127 Å². The number of nitrogen functional groups attached to an aromatic ring is 1. The van der Waals surface area contributed by atoms with E-state index in [-0.39, 0.29) is 5.82 Å². The van der Waals surface area contributed by atoms with Crippen LogP contribution in [0.1, 0.15) is 16.7 Å². The van der Waals surface area contributed by atoms with Crippen LogP contribution in [0.25, 0.3) is 11.0 Å². The van der Waals surface area contributed by atoms with Crippen molar-refractivity contribution >= 4 is 28.6 Å². The largest absolute Gasteiger partial charge is 0.369 e. The highest BCUT2D eigenvalue weighted by Gasteiger charge is 2.12. The number of nitrogens with zero attached hydrogens (tertiary/aromatic N) is 2. The molecule has 0 saturated heterocycles. The second kappa shape index (κ2) is 5.04. The van der Waals surface area contributed by atoms with Gasteiger partial charge in [0, 0.05) is 0 Å². The molecule has 2 aromatic carbocycles. The lowest BCUT2D eigenvalue weighted by molar-refractivity contribution is 0.607. The van der Waals surface area contributed by atoms with Gasteiger partial charge in [0.15, 0.2) is 0 Å². The van der Waals surface area contributed by atoms with E-state index in [0.29, 0.717) is 28.6 Å². The molecular weight excluding hydrogens is 289 g/mol. The highest BCUT2D eigenvalue weighted by Crippen LogP contribution is 2.27. The first kappa shape index (κ1) is 13.9. The lowest BCUT2D eigenvalue weighted by atomic mass is 10.1. The Balaban J connectivity index is 2.12. The summed E-state index contributed by atoms with van der Waals surface area (Å²) in [5, 5.41) is 0.604. The molecule has 5 heteroatoms. The average molecular weight is 304 g/mol. The van der Waals surface area contributed by atoms with Gasteiger partial charge in [-0.25, -0.2) is 9.37 Å². The van der Waals surface area contributed by atoms with Crippen LogP contribution in [-0.4, -0.2) is 9.55 Å². The third-order valence-electron chi connectivity index (χ3n) is 3.58. The van der Waals surface area contributed by atoms with Crippen molar-refractivity contribution in [1.82, 2.24) is 9.55 Å². The molecule has 0 aliphatic carbocycles. The first-order valence-corrected chi connectivity index (χ1v) is 7.01. The van der Waals surface area contributed by atoms with Gasteiger partial charge in [0.05, 0.1) is 22.6 Å². The van der Waals surface area contributed by atoms with Crippen molar-refractivity contribution in [2.45, 2.75) is 20.4 Å². The summed E-state index contributed by atoms with van der Waals surface area (Å²) in [7, 11) is 0. The minimum atomic E-state index is -0.166. The Kier molecular flexibility index (Phi) is 3.33. The van der Waals surface area contributed by atoms with Crippen LogP contribution >= 0.6 is 11.6 Å². The molecule has 3 rings (SSSR count). The normalized spacial score (nSPS) is 11.2. The molecule has 3 aromatic rings. The molecule has 21 heavy (non-hydrogen) atoms. The Morgan fingerprint density at radius 3 is 2.57 bits per heavy atom. The van der Waals surface area contributed by atoms with Crippen LogP contribution in [0.2, 0.25) is 5.02 Å². The first-order chi connectivity index (χ1) is 9.97. The van der Waals surface area contributed by atoms with Crippen LogP contribution in [0.4, 0.5) is 10.3 Å². The van der Waals surface area contributed by atoms with Crippen LogP contribution in [-0.2, 0) is 6.54 Å². The Morgan fingerprint density at radius 2 is 1.90 bits per heavy atom. The van der Waals surface area contributed by atoms with Gasteiger partial charge in [-0.2, -0.15) is 0 Å². The van der Waals surface area contributed by atoms with Crippen molar-refractivity contribution in [3.05, 3.63) is 57.9 Å². The van der Waals surface area contributed by atoms with E-state index in [9.17, 15) is 4.39 Å². The average Bonchev–Trinajstić information content (AvgIpc) is 2.74. The zero-order valence-corrected chi connectivity index (χ0v) is 12.6. The van der Waals surface area contributed by atoms with Gasteiger partial charge in [-0.05, 0) is 42.7 Å². The molecule has 0 spiro atoms. The monoisotopic (exact) mass is 303 g/mol. The topological polar surface area (TPSA) is 43.8 Å². The number of aromatic nitrogens is 2. The summed E-state index contributed by atoms with van der Waals surface area (Å²) in [6.45, 7) is 4.02. The summed E-state index contributed by atoms with van der Waals surface area (Å²) in [5.41, 5.74) is 9.78. The second-order valence-corrected chi connectivity index (χ2v) is 5.61. The van der Waals surface area contributed by atoms with E-state index >= 15 is 0 Å². The van der Waals surface area contributed by atoms with Crippen molar-refractivity contribution < 1.29 is 4.39 Å². The van der Waals surface area contributed by atoms with E-state index in [1.54, 1.807) is 13.8 Å². The molecule has 3 nitrogen and oxygen atoms in total. The van der Waals surface area contributed by atoms with Crippen molar-refractivity contribution in [3.63, 3.8) is 0 Å². The predicted molar refractivity (Wildman–Crippen MR) is 84.1 cm³/mol. The Hall–Kier alpha value is -2.07. The molecule has 1 aromatic heterocycles. The minimum absolute atomic E-state index is 0.166. The van der Waals surface area contributed by atoms with E-state index in [1.807, 2.05) is 34.9 Å². The smallest absolute Gasteiger partial charge is 0.201 e. The number of imidazole rings is 1. The Bertz CT molecular complexity index is 816. The number of hydrogen-bond acceptors (Lipinski definition) is 2. The fourth-order valence-electron chi connectivity index (χ4n) is 2.63. The van der Waals surface area contributed by atoms with Gasteiger partial charge in [-0.3, -0.25) is 0 Å². The molecule has 0 radical (unpaired) electrons. The lowest BCUT2D eigenvalue weighted by Gasteiger charge is -2.10. The van der Waals surface area contributed by atoms with Gasteiger partial charge < -0.3 is 10.3 Å². The molecule has 0 aliphatic rings. The number of nitrogens with two attached hydrogens (primary N) is 1. The first-order valence-electron chi connectivity index (χ1n) is 6.63. The van der Waals surface area contributed by atoms with Crippen LogP contribution in [0.5, 0.6) is 0 Å². The van der Waals surface area contributed by atoms with Gasteiger partial charge >= 0.3 is 0 Å². The zero-order chi connectivity index (χ0) is 15.1. The fraction of sp³-hybridized carbons (Fsp3) is 0.188. The SMILES string of the molecule is Cc1cc(Cn2c(N)nc3cccc(Cl)c32)cc(C)c1F. The second-order valence-electron chi connectivity index (χ2n) is 5.21. The molecule has 108 valence electrons. The molecule has 0 bridgehead atoms. The van der Waals surface area contributed by atoms with Crippen LogP contribution < -0.4 is 5.73 Å². The molecule has 0 amide bonds. The molecule has 0 saturated carbocycles. The minimum Gasteiger partial charge on any atom is -0.369 e. The van der Waals surface area contributed by atoms with Crippen molar-refractivity contribution in [2.75, 3.05) is 5.73 Å². The quantitative estimate of drug-likeness (QED) is 0.775. The summed E-state index contributed by atoms with van der Waals surface area (Å²) in [6.07, 6.45) is 0. The predicted octanol–water partition coefficient (Wildman–Crippen LogP) is 4.08. The fourth-order valence-corrected chi connectivity index (χ4v) is 2.90. The Morgan fingerprint density at radius 1 is 1.24 bits per heavy atom. The van der Waals surface area contributed by atoms with Crippen molar-refractivity contribution in [1.29, 1.82) is 0 Å². The van der Waals surface area contributed by atoms with Gasteiger partial charge in [-0.15, -0.1) is 0 Å². The highest BCUT2D eigenvalue weighted by molar-refractivity contribution is 6.35. The molecule has 0 fully saturated rings. The summed E-state index contributed by atoms with van der Waals surface area (Å²) in [4.78, 5) is 4.31. The number of benzene rings is 2. The number of para-hydroxylation sites is 1. The molecule has 0 atom stereocenters. The van der Waals surface area contributed by atoms with Crippen LogP contribution in [0, 0.1) is 19.7 Å². The highest BCUT2D eigenvalue weighted by atomic mass is 35.5. The maximum atomic E-state index is 13.7. The standard InChI is InChI=1S/C16H15ClFN3/c1-9-6-11(7-10(2)14(9)18)8-21-15-12(17)4-3-5-13(15)20-16(21)19/h3-7H,8H2,1-2H3,(H2,19,20). The number of anilines is 1. The van der Waals surface area contributed by atoms with E-state index in [2.05, 4.69) is 4.98 Å². The van der Waals surface area contributed by atoms with E-state index < -0.39 is 0 Å². The van der Waals surface area contributed by atoms with Crippen molar-refractivity contribution in [2.24, 2.45) is 0 Å². The maximum Gasteiger partial charge on any atom is 0.201 e. The summed E-state index contributed by atoms with van der Waals surface area (Å²) in [5.74, 6) is 0.234. The van der Waals surface area contributed by atoms with E-state index in [1.165, 1.54) is 0 Å². The van der Waals surface area contributed by atoms with E-state index in [4.69, 9.17) is 17.3 Å². The molecule has 0 aliphatic heterocycles. The number of hydrogen-bond donors (Lipinski definition) is 1. The number of aryl methyl sites for hydroxylation is 2. The van der Waals surface area contributed by atoms with Gasteiger partial charge in [0.1, 0.15) is 5.82 Å². The van der Waals surface area contributed by atoms with Gasteiger partial charge in [0.25, 0.3) is 0 Å². The van der Waals surface area contributed by atoms with Gasteiger partial charge in [0.2, 0.25) is 5.95 Å². The number of rotatable bonds is 2. The molecule has 1 heterocycles. The third-order valence-corrected chi connectivity index (χ3v) is 3.89. The van der Waals surface area contributed by atoms with Gasteiger partial charge in [-0.1, -0.05) is 29.8 Å². The molecule has 0 unspecified atom stereocenters. The van der Waals surface area contributed by atoms with Crippen molar-refractivity contribution in [3.8, 4) is 0 Å².